The van der Waals surface area contributed by atoms with Gasteiger partial charge >= 0.3 is 0 Å². The van der Waals surface area contributed by atoms with Crippen molar-refractivity contribution < 1.29 is 14.9 Å². The Morgan fingerprint density at radius 3 is 2.37 bits per heavy atom. The minimum Gasteiger partial charge on any atom is -0.473 e. The predicted octanol–water partition coefficient (Wildman–Crippen LogP) is 2.41. The molecule has 0 amide bonds. The van der Waals surface area contributed by atoms with Crippen LogP contribution in [0, 0.1) is 0 Å². The second-order valence-electron chi connectivity index (χ2n) is 4.04. The standard InChI is InChI=1S/C14H14BrNO3/c15-13-5-12(8-18)14(16-6-13)19-9-11-3-1-10(7-17)2-4-11/h1-6,17-18H,7-9H2. The first-order valence-electron chi connectivity index (χ1n) is 5.79. The lowest BCUT2D eigenvalue weighted by atomic mass is 10.1. The van der Waals surface area contributed by atoms with E-state index in [0.717, 1.165) is 15.6 Å². The molecular weight excluding hydrogens is 310 g/mol. The van der Waals surface area contributed by atoms with E-state index in [2.05, 4.69) is 20.9 Å². The molecule has 5 heteroatoms. The van der Waals surface area contributed by atoms with Crippen LogP contribution in [-0.4, -0.2) is 15.2 Å². The number of ether oxygens (including phenoxy) is 1. The van der Waals surface area contributed by atoms with Crippen molar-refractivity contribution in [3.05, 3.63) is 57.7 Å². The summed E-state index contributed by atoms with van der Waals surface area (Å²) in [6.45, 7) is 0.280. The molecule has 1 aromatic heterocycles. The molecule has 0 aliphatic carbocycles. The van der Waals surface area contributed by atoms with Gasteiger partial charge in [-0.1, -0.05) is 24.3 Å². The number of pyridine rings is 1. The molecule has 4 nitrogen and oxygen atoms in total. The molecule has 1 heterocycles. The lowest BCUT2D eigenvalue weighted by Crippen LogP contribution is -2.01. The highest BCUT2D eigenvalue weighted by molar-refractivity contribution is 9.10. The van der Waals surface area contributed by atoms with Crippen LogP contribution < -0.4 is 4.74 Å². The molecule has 0 radical (unpaired) electrons. The van der Waals surface area contributed by atoms with Gasteiger partial charge in [0, 0.05) is 16.2 Å². The highest BCUT2D eigenvalue weighted by atomic mass is 79.9. The molecule has 0 unspecified atom stereocenters. The van der Waals surface area contributed by atoms with Gasteiger partial charge in [-0.3, -0.25) is 0 Å². The van der Waals surface area contributed by atoms with E-state index < -0.39 is 0 Å². The number of hydrogen-bond acceptors (Lipinski definition) is 4. The molecular formula is C14H14BrNO3. The van der Waals surface area contributed by atoms with Crippen LogP contribution in [0.4, 0.5) is 0 Å². The number of nitrogens with zero attached hydrogens (tertiary/aromatic N) is 1. The maximum absolute atomic E-state index is 9.24. The number of halogens is 1. The van der Waals surface area contributed by atoms with Crippen molar-refractivity contribution in [2.75, 3.05) is 0 Å². The van der Waals surface area contributed by atoms with Crippen LogP contribution in [0.3, 0.4) is 0 Å². The normalized spacial score (nSPS) is 10.5. The Hall–Kier alpha value is -1.43. The third-order valence-corrected chi connectivity index (χ3v) is 3.08. The van der Waals surface area contributed by atoms with E-state index in [4.69, 9.17) is 9.84 Å². The highest BCUT2D eigenvalue weighted by Gasteiger charge is 2.06. The molecule has 0 saturated carbocycles. The van der Waals surface area contributed by atoms with Gasteiger partial charge in [-0.05, 0) is 33.1 Å². The Morgan fingerprint density at radius 1 is 1.05 bits per heavy atom. The molecule has 2 N–H and O–H groups in total. The fourth-order valence-electron chi connectivity index (χ4n) is 1.60. The molecule has 19 heavy (non-hydrogen) atoms. The molecule has 0 bridgehead atoms. The zero-order valence-electron chi connectivity index (χ0n) is 10.2. The van der Waals surface area contributed by atoms with Crippen molar-refractivity contribution in [2.45, 2.75) is 19.8 Å². The first-order valence-corrected chi connectivity index (χ1v) is 6.59. The van der Waals surface area contributed by atoms with E-state index in [1.807, 2.05) is 24.3 Å². The molecule has 0 spiro atoms. The minimum absolute atomic E-state index is 0.0318. The first kappa shape index (κ1) is 14.0. The molecule has 0 saturated heterocycles. The molecule has 2 aromatic rings. The largest absolute Gasteiger partial charge is 0.473 e. The summed E-state index contributed by atoms with van der Waals surface area (Å²) >= 11 is 3.30. The molecule has 100 valence electrons. The van der Waals surface area contributed by atoms with Gasteiger partial charge < -0.3 is 14.9 Å². The topological polar surface area (TPSA) is 62.6 Å². The molecule has 1 aromatic carbocycles. The van der Waals surface area contributed by atoms with E-state index in [0.29, 0.717) is 18.1 Å². The van der Waals surface area contributed by atoms with Crippen LogP contribution in [0.2, 0.25) is 0 Å². The summed E-state index contributed by atoms with van der Waals surface area (Å²) in [4.78, 5) is 4.13. The van der Waals surface area contributed by atoms with E-state index >= 15 is 0 Å². The summed E-state index contributed by atoms with van der Waals surface area (Å²) in [6.07, 6.45) is 1.63. The van der Waals surface area contributed by atoms with Crippen molar-refractivity contribution >= 4 is 15.9 Å². The lowest BCUT2D eigenvalue weighted by Gasteiger charge is -2.09. The lowest BCUT2D eigenvalue weighted by molar-refractivity contribution is 0.252. The number of hydrogen-bond donors (Lipinski definition) is 2. The van der Waals surface area contributed by atoms with Crippen molar-refractivity contribution in [3.8, 4) is 5.88 Å². The molecule has 0 aliphatic heterocycles. The molecule has 0 atom stereocenters. The summed E-state index contributed by atoms with van der Waals surface area (Å²) in [6, 6.07) is 9.25. The predicted molar refractivity (Wildman–Crippen MR) is 74.6 cm³/mol. The van der Waals surface area contributed by atoms with E-state index in [9.17, 15) is 5.11 Å². The summed E-state index contributed by atoms with van der Waals surface area (Å²) in [5.41, 5.74) is 2.48. The third-order valence-electron chi connectivity index (χ3n) is 2.64. The maximum Gasteiger partial charge on any atom is 0.219 e. The van der Waals surface area contributed by atoms with Crippen LogP contribution in [0.25, 0.3) is 0 Å². The first-order chi connectivity index (χ1) is 9.22. The van der Waals surface area contributed by atoms with Gasteiger partial charge in [-0.25, -0.2) is 4.98 Å². The van der Waals surface area contributed by atoms with Crippen LogP contribution in [0.15, 0.2) is 41.0 Å². The second-order valence-corrected chi connectivity index (χ2v) is 4.95. The number of benzene rings is 1. The van der Waals surface area contributed by atoms with Gasteiger partial charge in [0.15, 0.2) is 0 Å². The Bertz CT molecular complexity index is 543. The second kappa shape index (κ2) is 6.65. The SMILES string of the molecule is OCc1ccc(COc2ncc(Br)cc2CO)cc1. The van der Waals surface area contributed by atoms with Crippen molar-refractivity contribution in [3.63, 3.8) is 0 Å². The number of aromatic nitrogens is 1. The molecule has 0 fully saturated rings. The zero-order valence-corrected chi connectivity index (χ0v) is 11.8. The fourth-order valence-corrected chi connectivity index (χ4v) is 1.98. The quantitative estimate of drug-likeness (QED) is 0.887. The average molecular weight is 324 g/mol. The molecule has 0 aliphatic rings. The summed E-state index contributed by atoms with van der Waals surface area (Å²) in [5.74, 6) is 0.428. The van der Waals surface area contributed by atoms with Gasteiger partial charge in [0.05, 0.1) is 13.2 Å². The highest BCUT2D eigenvalue weighted by Crippen LogP contribution is 2.21. The monoisotopic (exact) mass is 323 g/mol. The van der Waals surface area contributed by atoms with Crippen molar-refractivity contribution in [1.82, 2.24) is 4.98 Å². The number of aliphatic hydroxyl groups is 2. The Labute approximate surface area is 119 Å². The van der Waals surface area contributed by atoms with Crippen LogP contribution in [-0.2, 0) is 19.8 Å². The van der Waals surface area contributed by atoms with Crippen molar-refractivity contribution in [2.24, 2.45) is 0 Å². The van der Waals surface area contributed by atoms with Crippen molar-refractivity contribution in [1.29, 1.82) is 0 Å². The smallest absolute Gasteiger partial charge is 0.219 e. The van der Waals surface area contributed by atoms with Gasteiger partial charge in [0.2, 0.25) is 5.88 Å². The number of aliphatic hydroxyl groups excluding tert-OH is 2. The Kier molecular flexibility index (Phi) is 4.90. The van der Waals surface area contributed by atoms with Crippen LogP contribution in [0.5, 0.6) is 5.88 Å². The minimum atomic E-state index is -0.120. The summed E-state index contributed by atoms with van der Waals surface area (Å²) < 4.78 is 6.39. The van der Waals surface area contributed by atoms with E-state index in [1.165, 1.54) is 0 Å². The third kappa shape index (κ3) is 3.76. The van der Waals surface area contributed by atoms with E-state index in [1.54, 1.807) is 12.3 Å². The summed E-state index contributed by atoms with van der Waals surface area (Å²) in [7, 11) is 0. The summed E-state index contributed by atoms with van der Waals surface area (Å²) in [5, 5.41) is 18.2. The van der Waals surface area contributed by atoms with Gasteiger partial charge in [0.25, 0.3) is 0 Å². The van der Waals surface area contributed by atoms with Crippen LogP contribution >= 0.6 is 15.9 Å². The fraction of sp³-hybridized carbons (Fsp3) is 0.214. The van der Waals surface area contributed by atoms with Crippen LogP contribution in [0.1, 0.15) is 16.7 Å². The van der Waals surface area contributed by atoms with Gasteiger partial charge in [-0.2, -0.15) is 0 Å². The maximum atomic E-state index is 9.24. The number of rotatable bonds is 5. The zero-order chi connectivity index (χ0) is 13.7. The van der Waals surface area contributed by atoms with Gasteiger partial charge in [-0.15, -0.1) is 0 Å². The molecule has 2 rings (SSSR count). The Morgan fingerprint density at radius 2 is 1.74 bits per heavy atom. The van der Waals surface area contributed by atoms with Gasteiger partial charge in [0.1, 0.15) is 6.61 Å². The average Bonchev–Trinajstić information content (AvgIpc) is 2.46. The Balaban J connectivity index is 2.05. The van der Waals surface area contributed by atoms with E-state index in [-0.39, 0.29) is 13.2 Å².